The molecule has 20 heavy (non-hydrogen) atoms. The maximum absolute atomic E-state index is 6.29. The summed E-state index contributed by atoms with van der Waals surface area (Å²) in [5.41, 5.74) is 7.51. The second kappa shape index (κ2) is 5.83. The van der Waals surface area contributed by atoms with E-state index in [4.69, 9.17) is 5.73 Å². The minimum Gasteiger partial charge on any atom is -0.370 e. The average Bonchev–Trinajstić information content (AvgIpc) is 2.77. The summed E-state index contributed by atoms with van der Waals surface area (Å²) in [6.45, 7) is 2.96. The number of benzene rings is 1. The lowest BCUT2D eigenvalue weighted by Crippen LogP contribution is -2.46. The molecule has 4 nitrogen and oxygen atoms in total. The van der Waals surface area contributed by atoms with Crippen LogP contribution in [-0.2, 0) is 6.54 Å². The van der Waals surface area contributed by atoms with Gasteiger partial charge in [0.05, 0.1) is 6.54 Å². The highest BCUT2D eigenvalue weighted by Crippen LogP contribution is 2.29. The van der Waals surface area contributed by atoms with E-state index in [1.165, 1.54) is 31.4 Å². The van der Waals surface area contributed by atoms with Gasteiger partial charge in [-0.1, -0.05) is 30.3 Å². The van der Waals surface area contributed by atoms with Crippen molar-refractivity contribution in [3.05, 3.63) is 35.9 Å². The third-order valence-corrected chi connectivity index (χ3v) is 4.52. The van der Waals surface area contributed by atoms with E-state index in [2.05, 4.69) is 34.0 Å². The molecule has 4 heteroatoms. The largest absolute Gasteiger partial charge is 0.370 e. The second-order valence-electron chi connectivity index (χ2n) is 6.00. The van der Waals surface area contributed by atoms with Crippen LogP contribution in [-0.4, -0.2) is 48.0 Å². The summed E-state index contributed by atoms with van der Waals surface area (Å²) in [5, 5.41) is 0. The van der Waals surface area contributed by atoms with Gasteiger partial charge in [0.1, 0.15) is 0 Å². The van der Waals surface area contributed by atoms with E-state index in [1.54, 1.807) is 0 Å². The molecule has 2 atom stereocenters. The lowest BCUT2D eigenvalue weighted by molar-refractivity contribution is 0.282. The van der Waals surface area contributed by atoms with Gasteiger partial charge in [-0.05, 0) is 38.4 Å². The highest BCUT2D eigenvalue weighted by Gasteiger charge is 2.37. The molecule has 2 bridgehead atoms. The molecule has 0 amide bonds. The first-order valence-corrected chi connectivity index (χ1v) is 7.55. The summed E-state index contributed by atoms with van der Waals surface area (Å²) in [5.74, 6) is 0.733. The van der Waals surface area contributed by atoms with Crippen LogP contribution in [0.25, 0.3) is 0 Å². The Labute approximate surface area is 121 Å². The van der Waals surface area contributed by atoms with E-state index < -0.39 is 0 Å². The number of likely N-dealkylation sites (N-methyl/N-ethyl adjacent to an activating group) is 1. The summed E-state index contributed by atoms with van der Waals surface area (Å²) >= 11 is 0. The second-order valence-corrected chi connectivity index (χ2v) is 6.00. The molecule has 3 rings (SSSR count). The van der Waals surface area contributed by atoms with Crippen LogP contribution in [0.3, 0.4) is 0 Å². The van der Waals surface area contributed by atoms with E-state index in [-0.39, 0.29) is 0 Å². The van der Waals surface area contributed by atoms with Gasteiger partial charge in [0, 0.05) is 18.6 Å². The molecule has 2 heterocycles. The Morgan fingerprint density at radius 3 is 2.75 bits per heavy atom. The Morgan fingerprint density at radius 2 is 1.95 bits per heavy atom. The molecule has 2 N–H and O–H groups in total. The van der Waals surface area contributed by atoms with E-state index in [9.17, 15) is 0 Å². The summed E-state index contributed by atoms with van der Waals surface area (Å²) in [7, 11) is 2.20. The maximum Gasteiger partial charge on any atom is 0.192 e. The molecule has 0 saturated carbocycles. The molecular formula is C16H24N4. The molecule has 0 radical (unpaired) electrons. The van der Waals surface area contributed by atoms with Crippen molar-refractivity contribution in [3.63, 3.8) is 0 Å². The molecule has 1 aromatic rings. The van der Waals surface area contributed by atoms with Crippen LogP contribution in [0.2, 0.25) is 0 Å². The zero-order valence-corrected chi connectivity index (χ0v) is 12.2. The quantitative estimate of drug-likeness (QED) is 0.658. The molecule has 2 unspecified atom stereocenters. The summed E-state index contributed by atoms with van der Waals surface area (Å²) in [4.78, 5) is 9.43. The fraction of sp³-hybridized carbons (Fsp3) is 0.562. The Bertz CT molecular complexity index is 471. The first-order chi connectivity index (χ1) is 9.74. The van der Waals surface area contributed by atoms with Gasteiger partial charge in [-0.15, -0.1) is 0 Å². The Kier molecular flexibility index (Phi) is 3.92. The Morgan fingerprint density at radius 1 is 1.20 bits per heavy atom. The van der Waals surface area contributed by atoms with Crippen LogP contribution in [0, 0.1) is 0 Å². The number of likely N-dealkylation sites (tertiary alicyclic amines) is 1. The van der Waals surface area contributed by atoms with Crippen molar-refractivity contribution in [2.75, 3.05) is 20.1 Å². The third kappa shape index (κ3) is 2.80. The fourth-order valence-electron chi connectivity index (χ4n) is 3.46. The van der Waals surface area contributed by atoms with Crippen molar-refractivity contribution < 1.29 is 0 Å². The molecule has 2 aliphatic heterocycles. The smallest absolute Gasteiger partial charge is 0.192 e. The van der Waals surface area contributed by atoms with E-state index in [0.717, 1.165) is 12.5 Å². The highest BCUT2D eigenvalue weighted by molar-refractivity contribution is 5.79. The number of nitrogens with two attached hydrogens (primary N) is 1. The predicted octanol–water partition coefficient (Wildman–Crippen LogP) is 1.67. The molecule has 1 aromatic carbocycles. The first kappa shape index (κ1) is 13.4. The number of guanidine groups is 1. The molecule has 108 valence electrons. The van der Waals surface area contributed by atoms with Crippen LogP contribution < -0.4 is 5.73 Å². The van der Waals surface area contributed by atoms with Crippen molar-refractivity contribution in [3.8, 4) is 0 Å². The lowest BCUT2D eigenvalue weighted by Gasteiger charge is -2.29. The number of hydrogen-bond donors (Lipinski definition) is 1. The summed E-state index contributed by atoms with van der Waals surface area (Å²) in [6, 6.07) is 11.5. The van der Waals surface area contributed by atoms with Crippen molar-refractivity contribution in [1.29, 1.82) is 0 Å². The van der Waals surface area contributed by atoms with Gasteiger partial charge in [-0.25, -0.2) is 4.99 Å². The van der Waals surface area contributed by atoms with Crippen molar-refractivity contribution in [1.82, 2.24) is 9.80 Å². The predicted molar refractivity (Wildman–Crippen MR) is 82.5 cm³/mol. The molecule has 0 spiro atoms. The zero-order valence-electron chi connectivity index (χ0n) is 12.2. The van der Waals surface area contributed by atoms with Crippen molar-refractivity contribution in [2.45, 2.75) is 37.9 Å². The van der Waals surface area contributed by atoms with Crippen LogP contribution >= 0.6 is 0 Å². The molecule has 2 aliphatic rings. The zero-order chi connectivity index (χ0) is 13.9. The van der Waals surface area contributed by atoms with Gasteiger partial charge >= 0.3 is 0 Å². The van der Waals surface area contributed by atoms with Crippen molar-refractivity contribution >= 4 is 5.96 Å². The van der Waals surface area contributed by atoms with Gasteiger partial charge < -0.3 is 15.5 Å². The standard InChI is InChI=1S/C16H24N4/c1-19-10-9-14-7-8-15(12-19)20(14)16(17)18-11-13-5-3-2-4-6-13/h2-6,14-15H,7-12H2,1H3,(H2,17,18). The van der Waals surface area contributed by atoms with E-state index >= 15 is 0 Å². The van der Waals surface area contributed by atoms with Gasteiger partial charge in [0.15, 0.2) is 5.96 Å². The normalized spacial score (nSPS) is 27.6. The van der Waals surface area contributed by atoms with Gasteiger partial charge in [-0.3, -0.25) is 0 Å². The van der Waals surface area contributed by atoms with E-state index in [0.29, 0.717) is 18.6 Å². The van der Waals surface area contributed by atoms with Crippen LogP contribution in [0.5, 0.6) is 0 Å². The fourth-order valence-corrected chi connectivity index (χ4v) is 3.46. The Balaban J connectivity index is 1.71. The van der Waals surface area contributed by atoms with Gasteiger partial charge in [0.25, 0.3) is 0 Å². The average molecular weight is 272 g/mol. The number of hydrogen-bond acceptors (Lipinski definition) is 2. The minimum atomic E-state index is 0.548. The highest BCUT2D eigenvalue weighted by atomic mass is 15.3. The first-order valence-electron chi connectivity index (χ1n) is 7.55. The van der Waals surface area contributed by atoms with Crippen LogP contribution in [0.4, 0.5) is 0 Å². The van der Waals surface area contributed by atoms with Gasteiger partial charge in [0.2, 0.25) is 0 Å². The van der Waals surface area contributed by atoms with Crippen LogP contribution in [0.15, 0.2) is 35.3 Å². The number of nitrogens with zero attached hydrogens (tertiary/aromatic N) is 3. The SMILES string of the molecule is CN1CCC2CCC(C1)N2C(N)=NCc1ccccc1. The number of rotatable bonds is 2. The number of fused-ring (bicyclic) bond motifs is 2. The molecule has 2 saturated heterocycles. The lowest BCUT2D eigenvalue weighted by atomic mass is 10.1. The minimum absolute atomic E-state index is 0.548. The van der Waals surface area contributed by atoms with Crippen molar-refractivity contribution in [2.24, 2.45) is 10.7 Å². The monoisotopic (exact) mass is 272 g/mol. The number of aliphatic imine (C=N–C) groups is 1. The van der Waals surface area contributed by atoms with Crippen LogP contribution in [0.1, 0.15) is 24.8 Å². The summed E-state index contributed by atoms with van der Waals surface area (Å²) in [6.07, 6.45) is 3.71. The molecule has 0 aromatic heterocycles. The molecule has 2 fully saturated rings. The van der Waals surface area contributed by atoms with E-state index in [1.807, 2.05) is 18.2 Å². The topological polar surface area (TPSA) is 44.9 Å². The molecular weight excluding hydrogens is 248 g/mol. The third-order valence-electron chi connectivity index (χ3n) is 4.52. The molecule has 0 aliphatic carbocycles. The Hall–Kier alpha value is -1.55. The van der Waals surface area contributed by atoms with Gasteiger partial charge in [-0.2, -0.15) is 0 Å². The summed E-state index contributed by atoms with van der Waals surface area (Å²) < 4.78 is 0. The maximum atomic E-state index is 6.29.